The summed E-state index contributed by atoms with van der Waals surface area (Å²) in [6.07, 6.45) is 0. The SMILES string of the molecule is COc1ccc(-c2noc(CSc3nnc(SCC(N)=O)s3)n2)cc1OC. The number of nitrogens with zero attached hydrogens (tertiary/aromatic N) is 4. The Bertz CT molecular complexity index is 930. The molecule has 0 aliphatic rings. The molecule has 1 amide bonds. The van der Waals surface area contributed by atoms with Gasteiger partial charge in [0, 0.05) is 5.56 Å². The summed E-state index contributed by atoms with van der Waals surface area (Å²) >= 11 is 4.07. The van der Waals surface area contributed by atoms with Gasteiger partial charge in [-0.25, -0.2) is 0 Å². The van der Waals surface area contributed by atoms with Crippen molar-refractivity contribution in [3.05, 3.63) is 24.1 Å². The minimum atomic E-state index is -0.391. The number of hydrogen-bond acceptors (Lipinski definition) is 11. The topological polar surface area (TPSA) is 126 Å². The van der Waals surface area contributed by atoms with Gasteiger partial charge in [0.2, 0.25) is 17.6 Å². The Labute approximate surface area is 167 Å². The fourth-order valence-corrected chi connectivity index (χ4v) is 4.57. The van der Waals surface area contributed by atoms with E-state index in [1.54, 1.807) is 26.4 Å². The molecule has 0 radical (unpaired) electrons. The van der Waals surface area contributed by atoms with E-state index in [1.807, 2.05) is 6.07 Å². The molecule has 0 fully saturated rings. The molecule has 0 aliphatic carbocycles. The predicted molar refractivity (Wildman–Crippen MR) is 102 cm³/mol. The number of amides is 1. The zero-order valence-corrected chi connectivity index (χ0v) is 16.8. The summed E-state index contributed by atoms with van der Waals surface area (Å²) in [5.74, 6) is 2.38. The smallest absolute Gasteiger partial charge is 0.237 e. The highest BCUT2D eigenvalue weighted by Crippen LogP contribution is 2.33. The third kappa shape index (κ3) is 5.11. The second-order valence-electron chi connectivity index (χ2n) is 4.96. The quantitative estimate of drug-likeness (QED) is 0.511. The molecule has 142 valence electrons. The maximum absolute atomic E-state index is 10.8. The van der Waals surface area contributed by atoms with Crippen LogP contribution in [0.1, 0.15) is 5.89 Å². The molecule has 3 aromatic rings. The molecule has 0 bridgehead atoms. The van der Waals surface area contributed by atoms with Gasteiger partial charge in [0.05, 0.1) is 25.7 Å². The molecule has 12 heteroatoms. The average molecular weight is 426 g/mol. The number of primary amides is 1. The Morgan fingerprint density at radius 2 is 1.93 bits per heavy atom. The highest BCUT2D eigenvalue weighted by molar-refractivity contribution is 8.03. The van der Waals surface area contributed by atoms with Gasteiger partial charge in [-0.15, -0.1) is 10.2 Å². The van der Waals surface area contributed by atoms with Gasteiger partial charge >= 0.3 is 0 Å². The molecule has 0 saturated heterocycles. The maximum atomic E-state index is 10.8. The van der Waals surface area contributed by atoms with E-state index in [9.17, 15) is 4.79 Å². The maximum Gasteiger partial charge on any atom is 0.237 e. The molecular weight excluding hydrogens is 410 g/mol. The molecule has 0 atom stereocenters. The molecule has 2 heterocycles. The normalized spacial score (nSPS) is 10.7. The number of aromatic nitrogens is 4. The molecule has 0 spiro atoms. The third-order valence-electron chi connectivity index (χ3n) is 3.15. The van der Waals surface area contributed by atoms with Gasteiger partial charge in [-0.1, -0.05) is 40.0 Å². The second-order valence-corrected chi connectivity index (χ2v) is 8.38. The molecule has 0 unspecified atom stereocenters. The van der Waals surface area contributed by atoms with E-state index in [0.717, 1.165) is 9.90 Å². The third-order valence-corrected chi connectivity index (χ3v) is 6.35. The summed E-state index contributed by atoms with van der Waals surface area (Å²) in [6.45, 7) is 0. The number of hydrogen-bond donors (Lipinski definition) is 1. The van der Waals surface area contributed by atoms with Gasteiger partial charge in [0.1, 0.15) is 0 Å². The summed E-state index contributed by atoms with van der Waals surface area (Å²) in [6, 6.07) is 5.40. The first-order valence-electron chi connectivity index (χ1n) is 7.51. The van der Waals surface area contributed by atoms with Crippen LogP contribution in [0.5, 0.6) is 11.5 Å². The van der Waals surface area contributed by atoms with Gasteiger partial charge in [-0.3, -0.25) is 4.79 Å². The van der Waals surface area contributed by atoms with Gasteiger partial charge < -0.3 is 19.7 Å². The number of ether oxygens (including phenoxy) is 2. The summed E-state index contributed by atoms with van der Waals surface area (Å²) in [7, 11) is 3.14. The molecule has 27 heavy (non-hydrogen) atoms. The zero-order valence-electron chi connectivity index (χ0n) is 14.4. The molecule has 3 rings (SSSR count). The Hall–Kier alpha value is -2.31. The molecule has 0 aliphatic heterocycles. The van der Waals surface area contributed by atoms with Crippen LogP contribution in [-0.4, -0.2) is 46.2 Å². The minimum Gasteiger partial charge on any atom is -0.493 e. The molecule has 2 aromatic heterocycles. The standard InChI is InChI=1S/C15H15N5O4S3/c1-22-9-4-3-8(5-10(9)23-2)13-17-12(24-20-13)7-26-15-19-18-14(27-15)25-6-11(16)21/h3-5H,6-7H2,1-2H3,(H2,16,21). The van der Waals surface area contributed by atoms with Crippen LogP contribution in [0.25, 0.3) is 11.4 Å². The molecule has 2 N–H and O–H groups in total. The van der Waals surface area contributed by atoms with Gasteiger partial charge in [0.25, 0.3) is 0 Å². The van der Waals surface area contributed by atoms with Crippen LogP contribution in [0.2, 0.25) is 0 Å². The van der Waals surface area contributed by atoms with Gasteiger partial charge in [-0.2, -0.15) is 4.98 Å². The lowest BCUT2D eigenvalue weighted by molar-refractivity contribution is -0.115. The lowest BCUT2D eigenvalue weighted by atomic mass is 10.2. The molecule has 0 saturated carbocycles. The Morgan fingerprint density at radius 1 is 1.19 bits per heavy atom. The number of methoxy groups -OCH3 is 2. The Balaban J connectivity index is 1.62. The first kappa shape index (κ1) is 19.5. The monoisotopic (exact) mass is 425 g/mol. The van der Waals surface area contributed by atoms with Crippen molar-refractivity contribution < 1.29 is 18.8 Å². The number of rotatable bonds is 9. The summed E-state index contributed by atoms with van der Waals surface area (Å²) < 4.78 is 17.2. The van der Waals surface area contributed by atoms with Gasteiger partial charge in [-0.05, 0) is 18.2 Å². The summed E-state index contributed by atoms with van der Waals surface area (Å²) in [5.41, 5.74) is 5.87. The highest BCUT2D eigenvalue weighted by atomic mass is 32.2. The van der Waals surface area contributed by atoms with Crippen molar-refractivity contribution in [3.63, 3.8) is 0 Å². The largest absolute Gasteiger partial charge is 0.493 e. The van der Waals surface area contributed by atoms with Gasteiger partial charge in [0.15, 0.2) is 20.2 Å². The fourth-order valence-electron chi connectivity index (χ4n) is 1.98. The minimum absolute atomic E-state index is 0.178. The summed E-state index contributed by atoms with van der Waals surface area (Å²) in [4.78, 5) is 15.2. The zero-order chi connectivity index (χ0) is 19.2. The van der Waals surface area contributed by atoms with Crippen LogP contribution in [0.3, 0.4) is 0 Å². The van der Waals surface area contributed by atoms with E-state index in [2.05, 4.69) is 20.3 Å². The first-order chi connectivity index (χ1) is 13.1. The van der Waals surface area contributed by atoms with E-state index < -0.39 is 5.91 Å². The van der Waals surface area contributed by atoms with Crippen molar-refractivity contribution >= 4 is 40.8 Å². The lowest BCUT2D eigenvalue weighted by Gasteiger charge is -2.07. The van der Waals surface area contributed by atoms with Crippen LogP contribution < -0.4 is 15.2 Å². The van der Waals surface area contributed by atoms with Crippen molar-refractivity contribution in [2.45, 2.75) is 14.4 Å². The molecular formula is C15H15N5O4S3. The Morgan fingerprint density at radius 3 is 2.63 bits per heavy atom. The van der Waals surface area contributed by atoms with Crippen molar-refractivity contribution in [2.24, 2.45) is 5.73 Å². The van der Waals surface area contributed by atoms with E-state index in [-0.39, 0.29) is 5.75 Å². The fraction of sp³-hybridized carbons (Fsp3) is 0.267. The predicted octanol–water partition coefficient (Wildman–Crippen LogP) is 2.48. The van der Waals surface area contributed by atoms with E-state index >= 15 is 0 Å². The highest BCUT2D eigenvalue weighted by Gasteiger charge is 2.14. The second kappa shape index (κ2) is 9.06. The number of carbonyl (C=O) groups is 1. The average Bonchev–Trinajstić information content (AvgIpc) is 3.33. The summed E-state index contributed by atoms with van der Waals surface area (Å²) in [5, 5.41) is 12.1. The number of benzene rings is 1. The van der Waals surface area contributed by atoms with Crippen molar-refractivity contribution in [1.82, 2.24) is 20.3 Å². The molecule has 9 nitrogen and oxygen atoms in total. The van der Waals surface area contributed by atoms with Crippen LogP contribution in [0.4, 0.5) is 0 Å². The van der Waals surface area contributed by atoms with Crippen LogP contribution in [0, 0.1) is 0 Å². The van der Waals surface area contributed by atoms with Crippen molar-refractivity contribution in [2.75, 3.05) is 20.0 Å². The number of carbonyl (C=O) groups excluding carboxylic acids is 1. The van der Waals surface area contributed by atoms with E-state index in [1.165, 1.54) is 34.9 Å². The molecule has 1 aromatic carbocycles. The Kier molecular flexibility index (Phi) is 6.53. The van der Waals surface area contributed by atoms with Crippen molar-refractivity contribution in [3.8, 4) is 22.9 Å². The van der Waals surface area contributed by atoms with Crippen LogP contribution >= 0.6 is 34.9 Å². The number of nitrogens with two attached hydrogens (primary N) is 1. The van der Waals surface area contributed by atoms with Crippen LogP contribution in [-0.2, 0) is 10.5 Å². The first-order valence-corrected chi connectivity index (χ1v) is 10.3. The van der Waals surface area contributed by atoms with Crippen LogP contribution in [0.15, 0.2) is 31.4 Å². The number of thioether (sulfide) groups is 2. The van der Waals surface area contributed by atoms with E-state index in [0.29, 0.717) is 33.3 Å². The van der Waals surface area contributed by atoms with Crippen molar-refractivity contribution in [1.29, 1.82) is 0 Å². The lowest BCUT2D eigenvalue weighted by Crippen LogP contribution is -2.12. The van der Waals surface area contributed by atoms with E-state index in [4.69, 9.17) is 19.7 Å².